The maximum absolute atomic E-state index is 12.6. The van der Waals surface area contributed by atoms with E-state index in [9.17, 15) is 4.79 Å². The molecule has 0 aromatic heterocycles. The lowest BCUT2D eigenvalue weighted by molar-refractivity contribution is 0.0858. The highest BCUT2D eigenvalue weighted by Gasteiger charge is 2.39. The monoisotopic (exact) mass is 273 g/mol. The Kier molecular flexibility index (Phi) is 3.79. The number of benzene rings is 1. The third kappa shape index (κ3) is 2.47. The van der Waals surface area contributed by atoms with E-state index < -0.39 is 0 Å². The van der Waals surface area contributed by atoms with Gasteiger partial charge in [0.05, 0.1) is 13.2 Å². The fourth-order valence-electron chi connectivity index (χ4n) is 3.75. The number of methoxy groups -OCH3 is 1. The van der Waals surface area contributed by atoms with Gasteiger partial charge in [-0.1, -0.05) is 6.42 Å². The topological polar surface area (TPSA) is 29.5 Å². The number of rotatable bonds is 4. The van der Waals surface area contributed by atoms with Crippen molar-refractivity contribution in [3.05, 3.63) is 29.8 Å². The van der Waals surface area contributed by atoms with Crippen LogP contribution >= 0.6 is 0 Å². The van der Waals surface area contributed by atoms with Gasteiger partial charge in [-0.2, -0.15) is 0 Å². The minimum absolute atomic E-state index is 0.00556. The molecule has 20 heavy (non-hydrogen) atoms. The quantitative estimate of drug-likeness (QED) is 0.790. The molecule has 1 aromatic rings. The number of carbonyl (C=O) groups excluding carboxylic acids is 1. The van der Waals surface area contributed by atoms with E-state index in [2.05, 4.69) is 4.90 Å². The fourth-order valence-corrected chi connectivity index (χ4v) is 3.75. The van der Waals surface area contributed by atoms with Crippen LogP contribution in [0.1, 0.15) is 36.5 Å². The minimum Gasteiger partial charge on any atom is -0.497 e. The second kappa shape index (κ2) is 5.57. The zero-order chi connectivity index (χ0) is 14.1. The van der Waals surface area contributed by atoms with Crippen LogP contribution in [-0.2, 0) is 0 Å². The molecule has 108 valence electrons. The molecule has 3 atom stereocenters. The van der Waals surface area contributed by atoms with Gasteiger partial charge in [0, 0.05) is 18.7 Å². The van der Waals surface area contributed by atoms with Crippen molar-refractivity contribution in [2.75, 3.05) is 20.2 Å². The third-order valence-electron chi connectivity index (χ3n) is 5.06. The van der Waals surface area contributed by atoms with Crippen molar-refractivity contribution in [3.63, 3.8) is 0 Å². The average Bonchev–Trinajstić information content (AvgIpc) is 3.07. The maximum Gasteiger partial charge on any atom is 0.179 e. The predicted octanol–water partition coefficient (Wildman–Crippen LogP) is 3.00. The molecule has 0 N–H and O–H groups in total. The van der Waals surface area contributed by atoms with Gasteiger partial charge in [-0.05, 0) is 55.9 Å². The molecule has 2 aliphatic rings. The fraction of sp³-hybridized carbons (Fsp3) is 0.588. The summed E-state index contributed by atoms with van der Waals surface area (Å²) >= 11 is 0. The van der Waals surface area contributed by atoms with Gasteiger partial charge in [-0.25, -0.2) is 0 Å². The first-order valence-electron chi connectivity index (χ1n) is 7.61. The summed E-state index contributed by atoms with van der Waals surface area (Å²) in [5.41, 5.74) is 0.787. The Labute approximate surface area is 120 Å². The van der Waals surface area contributed by atoms with Gasteiger partial charge in [0.1, 0.15) is 5.75 Å². The third-order valence-corrected chi connectivity index (χ3v) is 5.06. The Hall–Kier alpha value is -1.35. The number of ether oxygens (including phenoxy) is 1. The number of hydrogen-bond donors (Lipinski definition) is 0. The number of hydrogen-bond acceptors (Lipinski definition) is 3. The van der Waals surface area contributed by atoms with Crippen molar-refractivity contribution >= 4 is 5.78 Å². The van der Waals surface area contributed by atoms with Crippen molar-refractivity contribution in [1.29, 1.82) is 0 Å². The van der Waals surface area contributed by atoms with Gasteiger partial charge in [-0.3, -0.25) is 9.69 Å². The second-order valence-electron chi connectivity index (χ2n) is 6.17. The van der Waals surface area contributed by atoms with Crippen LogP contribution in [0.3, 0.4) is 0 Å². The highest BCUT2D eigenvalue weighted by molar-refractivity contribution is 5.99. The Morgan fingerprint density at radius 3 is 2.35 bits per heavy atom. The smallest absolute Gasteiger partial charge is 0.179 e. The summed E-state index contributed by atoms with van der Waals surface area (Å²) in [5, 5.41) is 0. The molecule has 1 aromatic carbocycles. The van der Waals surface area contributed by atoms with Gasteiger partial charge in [0.2, 0.25) is 0 Å². The zero-order valence-corrected chi connectivity index (χ0v) is 12.3. The summed E-state index contributed by atoms with van der Waals surface area (Å²) < 4.78 is 5.14. The molecule has 1 saturated carbocycles. The summed E-state index contributed by atoms with van der Waals surface area (Å²) in [6, 6.07) is 7.45. The van der Waals surface area contributed by atoms with Crippen LogP contribution in [0.2, 0.25) is 0 Å². The van der Waals surface area contributed by atoms with Crippen molar-refractivity contribution in [1.82, 2.24) is 4.90 Å². The SMILES string of the molecule is COc1ccc(C(=O)C(C)N2CC3CCCC3C2)cc1. The van der Waals surface area contributed by atoms with Crippen LogP contribution in [0, 0.1) is 11.8 Å². The van der Waals surface area contributed by atoms with E-state index in [0.717, 1.165) is 36.2 Å². The number of Topliss-reactive ketones (excluding diaryl/α,β-unsaturated/α-hetero) is 1. The molecular weight excluding hydrogens is 250 g/mol. The standard InChI is InChI=1S/C17H23NO2/c1-12(18-10-14-4-3-5-15(14)11-18)17(19)13-6-8-16(20-2)9-7-13/h6-9,12,14-15H,3-5,10-11H2,1-2H3. The Bertz CT molecular complexity index is 470. The van der Waals surface area contributed by atoms with E-state index in [-0.39, 0.29) is 11.8 Å². The molecule has 3 nitrogen and oxygen atoms in total. The van der Waals surface area contributed by atoms with E-state index >= 15 is 0 Å². The number of ketones is 1. The minimum atomic E-state index is -0.00556. The molecule has 1 aliphatic carbocycles. The molecule has 3 unspecified atom stereocenters. The lowest BCUT2D eigenvalue weighted by Gasteiger charge is -2.24. The van der Waals surface area contributed by atoms with E-state index in [0.29, 0.717) is 0 Å². The van der Waals surface area contributed by atoms with Gasteiger partial charge >= 0.3 is 0 Å². The normalized spacial score (nSPS) is 27.3. The Morgan fingerprint density at radius 2 is 1.80 bits per heavy atom. The van der Waals surface area contributed by atoms with Crippen molar-refractivity contribution in [2.24, 2.45) is 11.8 Å². The van der Waals surface area contributed by atoms with Gasteiger partial charge < -0.3 is 4.74 Å². The summed E-state index contributed by atoms with van der Waals surface area (Å²) in [6.07, 6.45) is 4.08. The summed E-state index contributed by atoms with van der Waals surface area (Å²) in [7, 11) is 1.64. The second-order valence-corrected chi connectivity index (χ2v) is 6.17. The Balaban J connectivity index is 1.67. The van der Waals surface area contributed by atoms with E-state index in [1.165, 1.54) is 19.3 Å². The molecule has 3 rings (SSSR count). The van der Waals surface area contributed by atoms with E-state index in [1.54, 1.807) is 7.11 Å². The van der Waals surface area contributed by atoms with Crippen molar-refractivity contribution < 1.29 is 9.53 Å². The molecule has 0 bridgehead atoms. The lowest BCUT2D eigenvalue weighted by atomic mass is 10.0. The van der Waals surface area contributed by atoms with Crippen LogP contribution in [0.25, 0.3) is 0 Å². The highest BCUT2D eigenvalue weighted by atomic mass is 16.5. The molecule has 0 radical (unpaired) electrons. The van der Waals surface area contributed by atoms with Gasteiger partial charge in [0.15, 0.2) is 5.78 Å². The summed E-state index contributed by atoms with van der Waals surface area (Å²) in [4.78, 5) is 14.9. The molecule has 0 spiro atoms. The number of fused-ring (bicyclic) bond motifs is 1. The van der Waals surface area contributed by atoms with Crippen molar-refractivity contribution in [2.45, 2.75) is 32.2 Å². The van der Waals surface area contributed by atoms with Crippen LogP contribution in [0.5, 0.6) is 5.75 Å². The summed E-state index contributed by atoms with van der Waals surface area (Å²) in [6.45, 7) is 4.26. The van der Waals surface area contributed by atoms with Crippen LogP contribution in [0.15, 0.2) is 24.3 Å². The number of likely N-dealkylation sites (tertiary alicyclic amines) is 1. The lowest BCUT2D eigenvalue weighted by Crippen LogP contribution is -2.38. The molecule has 3 heteroatoms. The first-order valence-corrected chi connectivity index (χ1v) is 7.61. The number of nitrogens with zero attached hydrogens (tertiary/aromatic N) is 1. The molecular formula is C17H23NO2. The maximum atomic E-state index is 12.6. The van der Waals surface area contributed by atoms with Crippen LogP contribution in [0.4, 0.5) is 0 Å². The average molecular weight is 273 g/mol. The van der Waals surface area contributed by atoms with E-state index in [4.69, 9.17) is 4.74 Å². The van der Waals surface area contributed by atoms with Gasteiger partial charge in [-0.15, -0.1) is 0 Å². The largest absolute Gasteiger partial charge is 0.497 e. The molecule has 1 aliphatic heterocycles. The van der Waals surface area contributed by atoms with Crippen LogP contribution in [-0.4, -0.2) is 36.9 Å². The van der Waals surface area contributed by atoms with Crippen LogP contribution < -0.4 is 4.74 Å². The molecule has 2 fully saturated rings. The first-order chi connectivity index (χ1) is 9.69. The molecule has 0 amide bonds. The first kappa shape index (κ1) is 13.6. The zero-order valence-electron chi connectivity index (χ0n) is 12.3. The molecule has 1 saturated heterocycles. The highest BCUT2D eigenvalue weighted by Crippen LogP contribution is 2.38. The summed E-state index contributed by atoms with van der Waals surface area (Å²) in [5.74, 6) is 2.69. The number of carbonyl (C=O) groups is 1. The predicted molar refractivity (Wildman–Crippen MR) is 79.2 cm³/mol. The van der Waals surface area contributed by atoms with E-state index in [1.807, 2.05) is 31.2 Å². The Morgan fingerprint density at radius 1 is 1.20 bits per heavy atom. The van der Waals surface area contributed by atoms with Gasteiger partial charge in [0.25, 0.3) is 0 Å². The molecule has 1 heterocycles. The van der Waals surface area contributed by atoms with Crippen molar-refractivity contribution in [3.8, 4) is 5.75 Å².